The summed E-state index contributed by atoms with van der Waals surface area (Å²) < 4.78 is 15.2. The van der Waals surface area contributed by atoms with Gasteiger partial charge in [0.25, 0.3) is 5.91 Å². The van der Waals surface area contributed by atoms with Gasteiger partial charge in [-0.15, -0.1) is 0 Å². The van der Waals surface area contributed by atoms with E-state index in [0.29, 0.717) is 33.4 Å². The standard InChI is InChI=1S/C25H21ClFN3O2/c26-21-4-2-1-3-19(21)24-20-12-7-16(25(32)28-22(14-31)15-5-6-15)13-23(20)30(29-24)18-10-8-17(27)9-11-18/h1-4,7-13,15,22,31H,5-6,14H2,(H,28,32). The topological polar surface area (TPSA) is 67.2 Å². The monoisotopic (exact) mass is 449 g/mol. The molecule has 7 heteroatoms. The van der Waals surface area contributed by atoms with Crippen molar-refractivity contribution in [2.75, 3.05) is 6.61 Å². The summed E-state index contributed by atoms with van der Waals surface area (Å²) in [4.78, 5) is 12.9. The van der Waals surface area contributed by atoms with E-state index in [2.05, 4.69) is 5.32 Å². The quantitative estimate of drug-likeness (QED) is 0.436. The molecule has 1 unspecified atom stereocenters. The summed E-state index contributed by atoms with van der Waals surface area (Å²) in [6, 6.07) is 18.6. The van der Waals surface area contributed by atoms with Gasteiger partial charge in [-0.1, -0.05) is 29.8 Å². The molecule has 1 atom stereocenters. The van der Waals surface area contributed by atoms with Gasteiger partial charge in [0.2, 0.25) is 0 Å². The Balaban J connectivity index is 1.63. The first-order valence-electron chi connectivity index (χ1n) is 10.5. The Morgan fingerprint density at radius 2 is 1.91 bits per heavy atom. The van der Waals surface area contributed by atoms with Gasteiger partial charge in [0, 0.05) is 16.5 Å². The molecule has 0 spiro atoms. The van der Waals surface area contributed by atoms with E-state index in [0.717, 1.165) is 23.8 Å². The molecule has 0 bridgehead atoms. The fraction of sp³-hybridized carbons (Fsp3) is 0.200. The number of rotatable bonds is 6. The SMILES string of the molecule is O=C(NC(CO)C1CC1)c1ccc2c(-c3ccccc3Cl)nn(-c3ccc(F)cc3)c2c1. The van der Waals surface area contributed by atoms with Crippen molar-refractivity contribution in [3.05, 3.63) is 83.1 Å². The number of carbonyl (C=O) groups excluding carboxylic acids is 1. The second kappa shape index (κ2) is 8.37. The number of carbonyl (C=O) groups is 1. The molecule has 4 aromatic rings. The van der Waals surface area contributed by atoms with Gasteiger partial charge in [-0.3, -0.25) is 4.79 Å². The van der Waals surface area contributed by atoms with Crippen LogP contribution in [0.4, 0.5) is 4.39 Å². The highest BCUT2D eigenvalue weighted by Gasteiger charge is 2.32. The number of hydrogen-bond donors (Lipinski definition) is 2. The van der Waals surface area contributed by atoms with Crippen LogP contribution in [0.25, 0.3) is 27.8 Å². The largest absolute Gasteiger partial charge is 0.394 e. The van der Waals surface area contributed by atoms with Crippen LogP contribution in [0.2, 0.25) is 5.02 Å². The van der Waals surface area contributed by atoms with E-state index in [-0.39, 0.29) is 24.4 Å². The minimum atomic E-state index is -0.341. The molecule has 1 aliphatic rings. The molecule has 1 aliphatic carbocycles. The molecular weight excluding hydrogens is 429 g/mol. The molecule has 1 amide bonds. The first-order valence-corrected chi connectivity index (χ1v) is 10.9. The van der Waals surface area contributed by atoms with Gasteiger partial charge in [-0.05, 0) is 67.3 Å². The maximum atomic E-state index is 13.5. The molecule has 2 N–H and O–H groups in total. The molecule has 0 radical (unpaired) electrons. The third-order valence-electron chi connectivity index (χ3n) is 5.85. The molecule has 1 saturated carbocycles. The van der Waals surface area contributed by atoms with E-state index in [9.17, 15) is 14.3 Å². The molecular formula is C25H21ClFN3O2. The number of aliphatic hydroxyl groups excluding tert-OH is 1. The second-order valence-corrected chi connectivity index (χ2v) is 8.46. The van der Waals surface area contributed by atoms with Crippen LogP contribution in [-0.4, -0.2) is 33.4 Å². The molecule has 0 saturated heterocycles. The van der Waals surface area contributed by atoms with Crippen LogP contribution in [0.1, 0.15) is 23.2 Å². The van der Waals surface area contributed by atoms with Crippen LogP contribution >= 0.6 is 11.6 Å². The van der Waals surface area contributed by atoms with E-state index in [1.165, 1.54) is 12.1 Å². The smallest absolute Gasteiger partial charge is 0.251 e. The third-order valence-corrected chi connectivity index (χ3v) is 6.18. The minimum absolute atomic E-state index is 0.0805. The van der Waals surface area contributed by atoms with Crippen LogP contribution < -0.4 is 5.32 Å². The van der Waals surface area contributed by atoms with Crippen molar-refractivity contribution in [3.63, 3.8) is 0 Å². The lowest BCUT2D eigenvalue weighted by atomic mass is 10.1. The van der Waals surface area contributed by atoms with Gasteiger partial charge in [0.1, 0.15) is 11.5 Å². The maximum Gasteiger partial charge on any atom is 0.251 e. The Morgan fingerprint density at radius 1 is 1.16 bits per heavy atom. The molecule has 5 nitrogen and oxygen atoms in total. The fourth-order valence-electron chi connectivity index (χ4n) is 3.95. The Hall–Kier alpha value is -3.22. The molecule has 5 rings (SSSR count). The van der Waals surface area contributed by atoms with Crippen LogP contribution in [-0.2, 0) is 0 Å². The third kappa shape index (κ3) is 3.87. The molecule has 1 heterocycles. The fourth-order valence-corrected chi connectivity index (χ4v) is 4.18. The number of aliphatic hydroxyl groups is 1. The first kappa shape index (κ1) is 20.7. The van der Waals surface area contributed by atoms with E-state index >= 15 is 0 Å². The number of fused-ring (bicyclic) bond motifs is 1. The van der Waals surface area contributed by atoms with Gasteiger partial charge < -0.3 is 10.4 Å². The second-order valence-electron chi connectivity index (χ2n) is 8.05. The lowest BCUT2D eigenvalue weighted by molar-refractivity contribution is 0.0908. The van der Waals surface area contributed by atoms with Crippen molar-refractivity contribution in [1.82, 2.24) is 15.1 Å². The number of halogens is 2. The number of aromatic nitrogens is 2. The van der Waals surface area contributed by atoms with Crippen molar-refractivity contribution in [3.8, 4) is 16.9 Å². The van der Waals surface area contributed by atoms with Crippen LogP contribution in [0.5, 0.6) is 0 Å². The van der Waals surface area contributed by atoms with Crippen molar-refractivity contribution < 1.29 is 14.3 Å². The molecule has 1 aromatic heterocycles. The summed E-state index contributed by atoms with van der Waals surface area (Å²) in [5, 5.41) is 18.7. The number of amides is 1. The Bertz CT molecular complexity index is 1300. The van der Waals surface area contributed by atoms with Gasteiger partial charge in [-0.2, -0.15) is 5.10 Å². The maximum absolute atomic E-state index is 13.5. The van der Waals surface area contributed by atoms with Crippen molar-refractivity contribution in [2.45, 2.75) is 18.9 Å². The summed E-state index contributed by atoms with van der Waals surface area (Å²) >= 11 is 6.44. The van der Waals surface area contributed by atoms with E-state index in [1.54, 1.807) is 35.0 Å². The summed E-state index contributed by atoms with van der Waals surface area (Å²) in [5.74, 6) is -0.250. The lowest BCUT2D eigenvalue weighted by Crippen LogP contribution is -2.39. The van der Waals surface area contributed by atoms with Crippen molar-refractivity contribution in [2.24, 2.45) is 5.92 Å². The first-order chi connectivity index (χ1) is 15.5. The summed E-state index contributed by atoms with van der Waals surface area (Å²) in [6.07, 6.45) is 2.03. The minimum Gasteiger partial charge on any atom is -0.394 e. The highest BCUT2D eigenvalue weighted by molar-refractivity contribution is 6.33. The molecule has 32 heavy (non-hydrogen) atoms. The summed E-state index contributed by atoms with van der Waals surface area (Å²) in [5.41, 5.74) is 3.27. The molecule has 3 aromatic carbocycles. The average molecular weight is 450 g/mol. The molecule has 1 fully saturated rings. The van der Waals surface area contributed by atoms with Gasteiger partial charge in [0.15, 0.2) is 0 Å². The predicted octanol–water partition coefficient (Wildman–Crippen LogP) is 4.99. The Kier molecular flexibility index (Phi) is 5.41. The van der Waals surface area contributed by atoms with Crippen LogP contribution in [0.15, 0.2) is 66.7 Å². The van der Waals surface area contributed by atoms with Gasteiger partial charge in [-0.25, -0.2) is 9.07 Å². The molecule has 0 aliphatic heterocycles. The summed E-state index contributed by atoms with van der Waals surface area (Å²) in [7, 11) is 0. The van der Waals surface area contributed by atoms with Gasteiger partial charge >= 0.3 is 0 Å². The van der Waals surface area contributed by atoms with Gasteiger partial charge in [0.05, 0.1) is 28.9 Å². The van der Waals surface area contributed by atoms with Crippen molar-refractivity contribution >= 4 is 28.4 Å². The van der Waals surface area contributed by atoms with Crippen LogP contribution in [0, 0.1) is 11.7 Å². The molecule has 162 valence electrons. The Morgan fingerprint density at radius 3 is 2.59 bits per heavy atom. The highest BCUT2D eigenvalue weighted by Crippen LogP contribution is 2.35. The highest BCUT2D eigenvalue weighted by atomic mass is 35.5. The zero-order valence-electron chi connectivity index (χ0n) is 17.1. The van der Waals surface area contributed by atoms with E-state index < -0.39 is 0 Å². The number of hydrogen-bond acceptors (Lipinski definition) is 3. The van der Waals surface area contributed by atoms with Crippen LogP contribution in [0.3, 0.4) is 0 Å². The number of nitrogens with one attached hydrogen (secondary N) is 1. The zero-order chi connectivity index (χ0) is 22.2. The van der Waals surface area contributed by atoms with E-state index in [4.69, 9.17) is 16.7 Å². The normalized spacial score (nSPS) is 14.5. The van der Waals surface area contributed by atoms with Crippen molar-refractivity contribution in [1.29, 1.82) is 0 Å². The number of benzene rings is 3. The number of nitrogens with zero attached hydrogens (tertiary/aromatic N) is 2. The zero-order valence-corrected chi connectivity index (χ0v) is 17.9. The predicted molar refractivity (Wildman–Crippen MR) is 123 cm³/mol. The summed E-state index contributed by atoms with van der Waals surface area (Å²) in [6.45, 7) is -0.0805. The Labute approximate surface area is 189 Å². The lowest BCUT2D eigenvalue weighted by Gasteiger charge is -2.15. The van der Waals surface area contributed by atoms with E-state index in [1.807, 2.05) is 24.3 Å². The average Bonchev–Trinajstić information content (AvgIpc) is 3.59.